The molecular weight excluding hydrogens is 248 g/mol. The fourth-order valence-electron chi connectivity index (χ4n) is 1.93. The third kappa shape index (κ3) is 2.84. The second kappa shape index (κ2) is 5.42. The first-order chi connectivity index (χ1) is 8.60. The quantitative estimate of drug-likeness (QED) is 0.913. The van der Waals surface area contributed by atoms with Crippen molar-refractivity contribution in [1.29, 1.82) is 0 Å². The van der Waals surface area contributed by atoms with Crippen molar-refractivity contribution in [3.8, 4) is 5.75 Å². The zero-order chi connectivity index (χ0) is 13.1. The molecule has 1 unspecified atom stereocenters. The number of aliphatic hydroxyl groups is 1. The van der Waals surface area contributed by atoms with Gasteiger partial charge in [0.1, 0.15) is 11.9 Å². The van der Waals surface area contributed by atoms with E-state index in [2.05, 4.69) is 0 Å². The highest BCUT2D eigenvalue weighted by atomic mass is 35.5. The van der Waals surface area contributed by atoms with Crippen LogP contribution in [0.15, 0.2) is 42.5 Å². The maximum Gasteiger partial charge on any atom is 0.119 e. The molecule has 2 aromatic carbocycles. The summed E-state index contributed by atoms with van der Waals surface area (Å²) >= 11 is 6.00. The van der Waals surface area contributed by atoms with E-state index in [1.807, 2.05) is 43.3 Å². The monoisotopic (exact) mass is 262 g/mol. The Morgan fingerprint density at radius 2 is 1.89 bits per heavy atom. The van der Waals surface area contributed by atoms with Crippen molar-refractivity contribution in [2.75, 3.05) is 7.11 Å². The summed E-state index contributed by atoms with van der Waals surface area (Å²) in [5, 5.41) is 11.0. The van der Waals surface area contributed by atoms with Crippen molar-refractivity contribution in [2.45, 2.75) is 13.0 Å². The fourth-order valence-corrected chi connectivity index (χ4v) is 2.22. The molecule has 0 heterocycles. The average molecular weight is 263 g/mol. The molecule has 0 bridgehead atoms. The zero-order valence-electron chi connectivity index (χ0n) is 10.4. The van der Waals surface area contributed by atoms with Crippen LogP contribution in [0.5, 0.6) is 5.75 Å². The van der Waals surface area contributed by atoms with Crippen molar-refractivity contribution in [3.63, 3.8) is 0 Å². The largest absolute Gasteiger partial charge is 0.497 e. The number of rotatable bonds is 3. The minimum Gasteiger partial charge on any atom is -0.497 e. The van der Waals surface area contributed by atoms with Gasteiger partial charge in [-0.2, -0.15) is 0 Å². The summed E-state index contributed by atoms with van der Waals surface area (Å²) in [5.74, 6) is 0.727. The highest BCUT2D eigenvalue weighted by Gasteiger charge is 2.12. The summed E-state index contributed by atoms with van der Waals surface area (Å²) in [6.45, 7) is 1.95. The third-order valence-electron chi connectivity index (χ3n) is 2.79. The van der Waals surface area contributed by atoms with Crippen LogP contribution in [0.2, 0.25) is 5.02 Å². The van der Waals surface area contributed by atoms with Crippen molar-refractivity contribution in [3.05, 3.63) is 64.2 Å². The van der Waals surface area contributed by atoms with Crippen LogP contribution < -0.4 is 4.74 Å². The first-order valence-corrected chi connectivity index (χ1v) is 6.07. The molecule has 0 aromatic heterocycles. The molecule has 0 aliphatic rings. The van der Waals surface area contributed by atoms with E-state index >= 15 is 0 Å². The summed E-state index contributed by atoms with van der Waals surface area (Å²) in [7, 11) is 1.61. The number of methoxy groups -OCH3 is 1. The van der Waals surface area contributed by atoms with E-state index in [0.717, 1.165) is 22.4 Å². The summed E-state index contributed by atoms with van der Waals surface area (Å²) < 4.78 is 5.15. The first-order valence-electron chi connectivity index (χ1n) is 5.69. The predicted molar refractivity (Wildman–Crippen MR) is 73.2 cm³/mol. The molecule has 0 spiro atoms. The SMILES string of the molecule is COc1cccc(C(O)c2cc(C)cc(Cl)c2)c1. The Bertz CT molecular complexity index is 532. The Morgan fingerprint density at radius 3 is 2.56 bits per heavy atom. The minimum atomic E-state index is -0.697. The smallest absolute Gasteiger partial charge is 0.119 e. The van der Waals surface area contributed by atoms with E-state index in [1.165, 1.54) is 0 Å². The molecular formula is C15H15ClO2. The second-order valence-electron chi connectivity index (χ2n) is 4.24. The Kier molecular flexibility index (Phi) is 3.90. The lowest BCUT2D eigenvalue weighted by Crippen LogP contribution is -2.00. The van der Waals surface area contributed by atoms with Crippen molar-refractivity contribution in [2.24, 2.45) is 0 Å². The van der Waals surface area contributed by atoms with Gasteiger partial charge in [-0.15, -0.1) is 0 Å². The van der Waals surface area contributed by atoms with Gasteiger partial charge in [0.05, 0.1) is 7.11 Å². The van der Waals surface area contributed by atoms with Gasteiger partial charge in [0, 0.05) is 5.02 Å². The van der Waals surface area contributed by atoms with Crippen LogP contribution in [0.3, 0.4) is 0 Å². The van der Waals surface area contributed by atoms with E-state index in [-0.39, 0.29) is 0 Å². The highest BCUT2D eigenvalue weighted by molar-refractivity contribution is 6.30. The Balaban J connectivity index is 2.37. The molecule has 2 rings (SSSR count). The molecule has 2 aromatic rings. The van der Waals surface area contributed by atoms with E-state index in [9.17, 15) is 5.11 Å². The Hall–Kier alpha value is -1.51. The van der Waals surface area contributed by atoms with Gasteiger partial charge in [0.2, 0.25) is 0 Å². The standard InChI is InChI=1S/C15H15ClO2/c1-10-6-12(8-13(16)7-10)15(17)11-4-3-5-14(9-11)18-2/h3-9,15,17H,1-2H3. The van der Waals surface area contributed by atoms with E-state index < -0.39 is 6.10 Å². The van der Waals surface area contributed by atoms with Crippen LogP contribution in [0.1, 0.15) is 22.8 Å². The van der Waals surface area contributed by atoms with Gasteiger partial charge in [-0.05, 0) is 47.9 Å². The molecule has 0 aliphatic carbocycles. The molecule has 94 valence electrons. The van der Waals surface area contributed by atoms with E-state index in [0.29, 0.717) is 5.02 Å². The molecule has 3 heteroatoms. The number of aliphatic hydroxyl groups excluding tert-OH is 1. The molecule has 0 aliphatic heterocycles. The van der Waals surface area contributed by atoms with Gasteiger partial charge < -0.3 is 9.84 Å². The highest BCUT2D eigenvalue weighted by Crippen LogP contribution is 2.27. The summed E-state index contributed by atoms with van der Waals surface area (Å²) in [4.78, 5) is 0. The maximum atomic E-state index is 10.3. The fraction of sp³-hybridized carbons (Fsp3) is 0.200. The van der Waals surface area contributed by atoms with Crippen molar-refractivity contribution in [1.82, 2.24) is 0 Å². The lowest BCUT2D eigenvalue weighted by atomic mass is 10.00. The molecule has 0 saturated heterocycles. The normalized spacial score (nSPS) is 12.2. The molecule has 2 nitrogen and oxygen atoms in total. The van der Waals surface area contributed by atoms with Gasteiger partial charge in [-0.25, -0.2) is 0 Å². The summed E-state index contributed by atoms with van der Waals surface area (Å²) in [6.07, 6.45) is -0.697. The number of ether oxygens (including phenoxy) is 1. The molecule has 18 heavy (non-hydrogen) atoms. The molecule has 1 N–H and O–H groups in total. The van der Waals surface area contributed by atoms with Crippen LogP contribution in [-0.2, 0) is 0 Å². The number of aryl methyl sites for hydroxylation is 1. The number of benzene rings is 2. The molecule has 0 amide bonds. The zero-order valence-corrected chi connectivity index (χ0v) is 11.1. The van der Waals surface area contributed by atoms with Gasteiger partial charge in [0.15, 0.2) is 0 Å². The summed E-state index contributed by atoms with van der Waals surface area (Å²) in [5.41, 5.74) is 2.60. The van der Waals surface area contributed by atoms with E-state index in [1.54, 1.807) is 13.2 Å². The lowest BCUT2D eigenvalue weighted by molar-refractivity contribution is 0.219. The molecule has 0 radical (unpaired) electrons. The van der Waals surface area contributed by atoms with Crippen LogP contribution in [-0.4, -0.2) is 12.2 Å². The van der Waals surface area contributed by atoms with Gasteiger partial charge in [0.25, 0.3) is 0 Å². The van der Waals surface area contributed by atoms with Crippen LogP contribution in [0.4, 0.5) is 0 Å². The Labute approximate surface area is 112 Å². The molecule has 0 saturated carbocycles. The van der Waals surface area contributed by atoms with E-state index in [4.69, 9.17) is 16.3 Å². The topological polar surface area (TPSA) is 29.5 Å². The van der Waals surface area contributed by atoms with Crippen LogP contribution in [0.25, 0.3) is 0 Å². The number of hydrogen-bond donors (Lipinski definition) is 1. The van der Waals surface area contributed by atoms with Crippen LogP contribution >= 0.6 is 11.6 Å². The predicted octanol–water partition coefficient (Wildman–Crippen LogP) is 3.74. The second-order valence-corrected chi connectivity index (χ2v) is 4.68. The van der Waals surface area contributed by atoms with Crippen molar-refractivity contribution >= 4 is 11.6 Å². The first kappa shape index (κ1) is 12.9. The lowest BCUT2D eigenvalue weighted by Gasteiger charge is -2.13. The van der Waals surface area contributed by atoms with Gasteiger partial charge in [-0.1, -0.05) is 29.8 Å². The minimum absolute atomic E-state index is 0.631. The number of hydrogen-bond acceptors (Lipinski definition) is 2. The van der Waals surface area contributed by atoms with Crippen LogP contribution in [0, 0.1) is 6.92 Å². The maximum absolute atomic E-state index is 10.3. The molecule has 0 fully saturated rings. The average Bonchev–Trinajstić information content (AvgIpc) is 2.37. The number of halogens is 1. The third-order valence-corrected chi connectivity index (χ3v) is 3.01. The molecule has 1 atom stereocenters. The summed E-state index contributed by atoms with van der Waals surface area (Å²) in [6, 6.07) is 13.0. The van der Waals surface area contributed by atoms with Crippen molar-refractivity contribution < 1.29 is 9.84 Å². The van der Waals surface area contributed by atoms with Gasteiger partial charge in [-0.3, -0.25) is 0 Å². The Morgan fingerprint density at radius 1 is 1.11 bits per heavy atom. The van der Waals surface area contributed by atoms with Gasteiger partial charge >= 0.3 is 0 Å².